The van der Waals surface area contributed by atoms with Gasteiger partial charge in [-0.1, -0.05) is 91.0 Å². The molecule has 1 atom stereocenters. The average Bonchev–Trinajstić information content (AvgIpc) is 2.64. The van der Waals surface area contributed by atoms with Crippen LogP contribution in [0.25, 0.3) is 23.8 Å². The summed E-state index contributed by atoms with van der Waals surface area (Å²) in [5.74, 6) is 0. The molecule has 3 aromatic rings. The maximum Gasteiger partial charge on any atom is 0.105 e. The van der Waals surface area contributed by atoms with Crippen molar-refractivity contribution in [1.82, 2.24) is 0 Å². The molecule has 3 aromatic carbocycles. The first-order chi connectivity index (χ1) is 11.8. The van der Waals surface area contributed by atoms with Gasteiger partial charge < -0.3 is 5.11 Å². The lowest BCUT2D eigenvalue weighted by molar-refractivity contribution is 0.239. The predicted octanol–water partition coefficient (Wildman–Crippen LogP) is 5.44. The van der Waals surface area contributed by atoms with Crippen LogP contribution in [0.5, 0.6) is 0 Å². The molecule has 1 heteroatoms. The standard InChI is InChI=1S/C23H18O/c24-23(21-4-2-1-3-5-21)22-16-19-10-8-17(9-11-19)6-7-18-12-14-20(22)15-13-18/h1-16,23-24H/b7-6-,17-6?,18-7?,19-16?,22-16+,22-20?. The van der Waals surface area contributed by atoms with Crippen LogP contribution in [0.15, 0.2) is 78.9 Å². The zero-order valence-electron chi connectivity index (χ0n) is 13.3. The Kier molecular flexibility index (Phi) is 3.86. The summed E-state index contributed by atoms with van der Waals surface area (Å²) in [6, 6.07) is 26.5. The molecule has 0 aromatic heterocycles. The number of benzene rings is 3. The van der Waals surface area contributed by atoms with Crippen molar-refractivity contribution in [3.8, 4) is 0 Å². The monoisotopic (exact) mass is 310 g/mol. The highest BCUT2D eigenvalue weighted by Crippen LogP contribution is 2.32. The summed E-state index contributed by atoms with van der Waals surface area (Å²) in [5, 5.41) is 11.0. The molecule has 1 unspecified atom stereocenters. The lowest BCUT2D eigenvalue weighted by Crippen LogP contribution is -2.01. The van der Waals surface area contributed by atoms with E-state index in [1.165, 1.54) is 5.56 Å². The summed E-state index contributed by atoms with van der Waals surface area (Å²) in [7, 11) is 0. The van der Waals surface area contributed by atoms with Gasteiger partial charge in [-0.2, -0.15) is 0 Å². The number of hydrogen-bond donors (Lipinski definition) is 1. The van der Waals surface area contributed by atoms with Crippen molar-refractivity contribution in [3.63, 3.8) is 0 Å². The third-order valence-corrected chi connectivity index (χ3v) is 4.38. The Morgan fingerprint density at radius 2 is 1.12 bits per heavy atom. The molecule has 4 aliphatic carbocycles. The number of aliphatic hydroxyl groups excluding tert-OH is 1. The van der Waals surface area contributed by atoms with Crippen molar-refractivity contribution in [2.24, 2.45) is 0 Å². The minimum atomic E-state index is -0.657. The fourth-order valence-electron chi connectivity index (χ4n) is 3.00. The molecule has 4 aliphatic rings. The van der Waals surface area contributed by atoms with Crippen LogP contribution in [-0.2, 0) is 0 Å². The van der Waals surface area contributed by atoms with Crippen LogP contribution in [0.4, 0.5) is 0 Å². The first-order valence-corrected chi connectivity index (χ1v) is 8.13. The molecule has 0 saturated heterocycles. The van der Waals surface area contributed by atoms with Crippen LogP contribution in [-0.4, -0.2) is 5.11 Å². The molecule has 0 heterocycles. The Morgan fingerprint density at radius 1 is 0.583 bits per heavy atom. The molecular formula is C23H18O. The van der Waals surface area contributed by atoms with Crippen LogP contribution < -0.4 is 0 Å². The van der Waals surface area contributed by atoms with Gasteiger partial charge in [-0.05, 0) is 39.5 Å². The Labute approximate surface area is 142 Å². The highest BCUT2D eigenvalue weighted by atomic mass is 16.3. The van der Waals surface area contributed by atoms with E-state index in [2.05, 4.69) is 66.8 Å². The fourth-order valence-corrected chi connectivity index (χ4v) is 3.00. The molecule has 4 bridgehead atoms. The molecule has 0 aliphatic heterocycles. The van der Waals surface area contributed by atoms with Gasteiger partial charge in [-0.15, -0.1) is 0 Å². The molecule has 0 spiro atoms. The molecular weight excluding hydrogens is 292 g/mol. The molecule has 0 amide bonds. The Morgan fingerprint density at radius 3 is 1.75 bits per heavy atom. The lowest BCUT2D eigenvalue weighted by Gasteiger charge is -2.17. The molecule has 24 heavy (non-hydrogen) atoms. The molecule has 0 fully saturated rings. The van der Waals surface area contributed by atoms with Crippen LogP contribution in [0.1, 0.15) is 33.9 Å². The van der Waals surface area contributed by atoms with Crippen molar-refractivity contribution in [2.45, 2.75) is 6.10 Å². The van der Waals surface area contributed by atoms with Gasteiger partial charge in [0.2, 0.25) is 0 Å². The van der Waals surface area contributed by atoms with Gasteiger partial charge >= 0.3 is 0 Å². The Bertz CT molecular complexity index is 885. The summed E-state index contributed by atoms with van der Waals surface area (Å²) in [6.45, 7) is 0. The van der Waals surface area contributed by atoms with Crippen molar-refractivity contribution in [1.29, 1.82) is 0 Å². The first kappa shape index (κ1) is 14.7. The van der Waals surface area contributed by atoms with Crippen molar-refractivity contribution < 1.29 is 5.11 Å². The van der Waals surface area contributed by atoms with E-state index in [4.69, 9.17) is 0 Å². The second-order valence-corrected chi connectivity index (χ2v) is 6.03. The molecule has 0 saturated carbocycles. The Balaban J connectivity index is 1.88. The molecule has 1 nitrogen and oxygen atoms in total. The van der Waals surface area contributed by atoms with E-state index in [-0.39, 0.29) is 0 Å². The molecule has 7 rings (SSSR count). The zero-order chi connectivity index (χ0) is 16.4. The van der Waals surface area contributed by atoms with Crippen molar-refractivity contribution in [2.75, 3.05) is 0 Å². The van der Waals surface area contributed by atoms with E-state index >= 15 is 0 Å². The number of aliphatic hydroxyl groups is 1. The zero-order valence-corrected chi connectivity index (χ0v) is 13.3. The SMILES string of the molecule is OC(/C1=C/c2ccc(cc2)/C=C\c2ccc1cc2)c1ccccc1. The minimum absolute atomic E-state index is 0.657. The van der Waals surface area contributed by atoms with Gasteiger partial charge in [0.05, 0.1) is 0 Å². The first-order valence-electron chi connectivity index (χ1n) is 8.13. The second kappa shape index (κ2) is 6.31. The summed E-state index contributed by atoms with van der Waals surface area (Å²) in [6.07, 6.45) is 5.64. The van der Waals surface area contributed by atoms with Gasteiger partial charge in [0.1, 0.15) is 6.10 Å². The van der Waals surface area contributed by atoms with Crippen LogP contribution in [0, 0.1) is 0 Å². The van der Waals surface area contributed by atoms with Crippen LogP contribution in [0.3, 0.4) is 0 Å². The lowest BCUT2D eigenvalue weighted by atomic mass is 9.92. The maximum atomic E-state index is 11.0. The van der Waals surface area contributed by atoms with Gasteiger partial charge in [-0.3, -0.25) is 0 Å². The summed E-state index contributed by atoms with van der Waals surface area (Å²) in [5.41, 5.74) is 6.25. The van der Waals surface area contributed by atoms with E-state index in [9.17, 15) is 5.11 Å². The van der Waals surface area contributed by atoms with Gasteiger partial charge in [-0.25, -0.2) is 0 Å². The third-order valence-electron chi connectivity index (χ3n) is 4.38. The largest absolute Gasteiger partial charge is 0.384 e. The fraction of sp³-hybridized carbons (Fsp3) is 0.0435. The molecule has 1 N–H and O–H groups in total. The van der Waals surface area contributed by atoms with Crippen molar-refractivity contribution >= 4 is 23.8 Å². The summed E-state index contributed by atoms with van der Waals surface area (Å²) < 4.78 is 0. The molecule has 0 radical (unpaired) electrons. The quantitative estimate of drug-likeness (QED) is 0.668. The van der Waals surface area contributed by atoms with E-state index < -0.39 is 6.10 Å². The van der Waals surface area contributed by atoms with Crippen molar-refractivity contribution in [3.05, 3.63) is 107 Å². The third kappa shape index (κ3) is 2.94. The maximum absolute atomic E-state index is 11.0. The minimum Gasteiger partial charge on any atom is -0.384 e. The normalized spacial score (nSPS) is 17.5. The van der Waals surface area contributed by atoms with E-state index in [0.717, 1.165) is 27.8 Å². The molecule has 116 valence electrons. The van der Waals surface area contributed by atoms with Gasteiger partial charge in [0, 0.05) is 0 Å². The van der Waals surface area contributed by atoms with Gasteiger partial charge in [0.15, 0.2) is 0 Å². The highest BCUT2D eigenvalue weighted by Gasteiger charge is 2.15. The number of rotatable bonds is 2. The van der Waals surface area contributed by atoms with E-state index in [1.54, 1.807) is 0 Å². The topological polar surface area (TPSA) is 20.2 Å². The Hall–Kier alpha value is -2.90. The van der Waals surface area contributed by atoms with E-state index in [0.29, 0.717) is 0 Å². The second-order valence-electron chi connectivity index (χ2n) is 6.03. The highest BCUT2D eigenvalue weighted by molar-refractivity contribution is 5.85. The summed E-state index contributed by atoms with van der Waals surface area (Å²) in [4.78, 5) is 0. The number of hydrogen-bond acceptors (Lipinski definition) is 1. The summed E-state index contributed by atoms with van der Waals surface area (Å²) >= 11 is 0. The predicted molar refractivity (Wildman–Crippen MR) is 101 cm³/mol. The van der Waals surface area contributed by atoms with Crippen LogP contribution >= 0.6 is 0 Å². The van der Waals surface area contributed by atoms with Crippen LogP contribution in [0.2, 0.25) is 0 Å². The smallest absolute Gasteiger partial charge is 0.105 e. The van der Waals surface area contributed by atoms with Gasteiger partial charge in [0.25, 0.3) is 0 Å². The van der Waals surface area contributed by atoms with E-state index in [1.807, 2.05) is 30.3 Å². The average molecular weight is 310 g/mol.